The molecule has 0 saturated carbocycles. The first kappa shape index (κ1) is 21.4. The van der Waals surface area contributed by atoms with Crippen molar-refractivity contribution < 1.29 is 28.9 Å². The molecule has 158 valence electrons. The summed E-state index contributed by atoms with van der Waals surface area (Å²) >= 11 is 0. The Morgan fingerprint density at radius 3 is 2.30 bits per heavy atom. The minimum absolute atomic E-state index is 0.0471. The Balaban J connectivity index is 2.14. The molecule has 0 unspecified atom stereocenters. The van der Waals surface area contributed by atoms with Crippen LogP contribution in [-0.2, 0) is 14.3 Å². The maximum Gasteiger partial charge on any atom is 0.295 e. The van der Waals surface area contributed by atoms with E-state index in [1.165, 1.54) is 12.0 Å². The third-order valence-corrected chi connectivity index (χ3v) is 5.18. The highest BCUT2D eigenvalue weighted by molar-refractivity contribution is 6.46. The summed E-state index contributed by atoms with van der Waals surface area (Å²) in [5, 5.41) is 11.1. The first-order chi connectivity index (χ1) is 14.4. The zero-order valence-corrected chi connectivity index (χ0v) is 17.5. The summed E-state index contributed by atoms with van der Waals surface area (Å²) in [6.07, 6.45) is 0. The Hall–Kier alpha value is -3.32. The standard InChI is InChI=1S/C23H25NO6/c1-14-13-16(7-10-18(14)30-4)21(25)19-20(15-5-8-17(29-3)9-6-15)24(11-12-28-2)23(27)22(19)26/h5-10,13,20,25H,11-12H2,1-4H3/t20-/m1/s1. The van der Waals surface area contributed by atoms with Gasteiger partial charge in [0.15, 0.2) is 0 Å². The van der Waals surface area contributed by atoms with Gasteiger partial charge in [-0.05, 0) is 48.4 Å². The number of ketones is 1. The molecule has 1 aliphatic rings. The first-order valence-electron chi connectivity index (χ1n) is 9.49. The zero-order valence-electron chi connectivity index (χ0n) is 17.5. The molecular formula is C23H25NO6. The topological polar surface area (TPSA) is 85.3 Å². The molecule has 30 heavy (non-hydrogen) atoms. The van der Waals surface area contributed by atoms with E-state index >= 15 is 0 Å². The van der Waals surface area contributed by atoms with Gasteiger partial charge in [0.05, 0.1) is 32.4 Å². The van der Waals surface area contributed by atoms with E-state index < -0.39 is 17.7 Å². The fraction of sp³-hybridized carbons (Fsp3) is 0.304. The van der Waals surface area contributed by atoms with Crippen LogP contribution in [0.3, 0.4) is 0 Å². The van der Waals surface area contributed by atoms with Gasteiger partial charge in [0.25, 0.3) is 11.7 Å². The molecule has 2 aromatic carbocycles. The van der Waals surface area contributed by atoms with Crippen LogP contribution in [-0.4, -0.2) is 56.2 Å². The van der Waals surface area contributed by atoms with E-state index in [-0.39, 0.29) is 24.5 Å². The summed E-state index contributed by atoms with van der Waals surface area (Å²) in [6, 6.07) is 11.4. The Kier molecular flexibility index (Phi) is 6.42. The van der Waals surface area contributed by atoms with Gasteiger partial charge in [0.2, 0.25) is 0 Å². The maximum atomic E-state index is 12.9. The molecule has 0 spiro atoms. The van der Waals surface area contributed by atoms with Gasteiger partial charge in [-0.3, -0.25) is 9.59 Å². The van der Waals surface area contributed by atoms with Crippen molar-refractivity contribution in [2.45, 2.75) is 13.0 Å². The predicted molar refractivity (Wildman–Crippen MR) is 112 cm³/mol. The number of carbonyl (C=O) groups excluding carboxylic acids is 2. The molecule has 2 aromatic rings. The summed E-state index contributed by atoms with van der Waals surface area (Å²) in [7, 11) is 4.65. The quantitative estimate of drug-likeness (QED) is 0.428. The second-order valence-corrected chi connectivity index (χ2v) is 6.94. The molecule has 3 rings (SSSR count). The fourth-order valence-corrected chi connectivity index (χ4v) is 3.61. The molecular weight excluding hydrogens is 386 g/mol. The number of hydrogen-bond acceptors (Lipinski definition) is 6. The highest BCUT2D eigenvalue weighted by Gasteiger charge is 2.45. The number of aryl methyl sites for hydroxylation is 1. The highest BCUT2D eigenvalue weighted by Crippen LogP contribution is 2.40. The van der Waals surface area contributed by atoms with E-state index in [1.807, 2.05) is 6.92 Å². The van der Waals surface area contributed by atoms with Gasteiger partial charge < -0.3 is 24.2 Å². The third kappa shape index (κ3) is 3.89. The van der Waals surface area contributed by atoms with Crippen molar-refractivity contribution >= 4 is 17.4 Å². The predicted octanol–water partition coefficient (Wildman–Crippen LogP) is 3.08. The minimum Gasteiger partial charge on any atom is -0.507 e. The van der Waals surface area contributed by atoms with Crippen LogP contribution in [0.4, 0.5) is 0 Å². The fourth-order valence-electron chi connectivity index (χ4n) is 3.61. The molecule has 0 aromatic heterocycles. The van der Waals surface area contributed by atoms with Gasteiger partial charge in [-0.15, -0.1) is 0 Å². The van der Waals surface area contributed by atoms with E-state index in [9.17, 15) is 14.7 Å². The van der Waals surface area contributed by atoms with Crippen LogP contribution in [0, 0.1) is 6.92 Å². The molecule has 1 amide bonds. The number of Topliss-reactive ketones (excluding diaryl/α,β-unsaturated/α-hetero) is 1. The molecule has 1 heterocycles. The molecule has 1 aliphatic heterocycles. The highest BCUT2D eigenvalue weighted by atomic mass is 16.5. The van der Waals surface area contributed by atoms with E-state index in [2.05, 4.69) is 0 Å². The van der Waals surface area contributed by atoms with Crippen LogP contribution >= 0.6 is 0 Å². The number of ether oxygens (including phenoxy) is 3. The molecule has 1 N–H and O–H groups in total. The number of methoxy groups -OCH3 is 3. The van der Waals surface area contributed by atoms with Crippen molar-refractivity contribution in [3.63, 3.8) is 0 Å². The van der Waals surface area contributed by atoms with Crippen LogP contribution in [0.5, 0.6) is 11.5 Å². The number of rotatable bonds is 7. The summed E-state index contributed by atoms with van der Waals surface area (Å²) in [4.78, 5) is 27.1. The van der Waals surface area contributed by atoms with Gasteiger partial charge in [0.1, 0.15) is 17.3 Å². The molecule has 7 nitrogen and oxygen atoms in total. The lowest BCUT2D eigenvalue weighted by Gasteiger charge is -2.25. The van der Waals surface area contributed by atoms with Crippen LogP contribution in [0.1, 0.15) is 22.7 Å². The normalized spacial score (nSPS) is 18.0. The SMILES string of the molecule is COCCN1C(=O)C(=O)C(=C(O)c2ccc(OC)c(C)c2)[C@H]1c1ccc(OC)cc1. The van der Waals surface area contributed by atoms with E-state index in [4.69, 9.17) is 14.2 Å². The molecule has 0 bridgehead atoms. The van der Waals surface area contributed by atoms with Crippen molar-refractivity contribution in [2.75, 3.05) is 34.5 Å². The number of aliphatic hydroxyl groups excluding tert-OH is 1. The maximum absolute atomic E-state index is 12.9. The van der Waals surface area contributed by atoms with E-state index in [1.54, 1.807) is 56.7 Å². The van der Waals surface area contributed by atoms with Gasteiger partial charge in [-0.1, -0.05) is 12.1 Å². The monoisotopic (exact) mass is 411 g/mol. The van der Waals surface area contributed by atoms with Gasteiger partial charge in [-0.25, -0.2) is 0 Å². The Bertz CT molecular complexity index is 980. The average Bonchev–Trinajstić information content (AvgIpc) is 3.01. The minimum atomic E-state index is -0.728. The number of hydrogen-bond donors (Lipinski definition) is 1. The largest absolute Gasteiger partial charge is 0.507 e. The summed E-state index contributed by atoms with van der Waals surface area (Å²) in [5.41, 5.74) is 1.98. The molecule has 1 fully saturated rings. The average molecular weight is 411 g/mol. The lowest BCUT2D eigenvalue weighted by molar-refractivity contribution is -0.140. The van der Waals surface area contributed by atoms with Gasteiger partial charge >= 0.3 is 0 Å². The zero-order chi connectivity index (χ0) is 21.8. The summed E-state index contributed by atoms with van der Waals surface area (Å²) < 4.78 is 15.6. The van der Waals surface area contributed by atoms with Crippen molar-refractivity contribution in [3.05, 3.63) is 64.7 Å². The van der Waals surface area contributed by atoms with Crippen molar-refractivity contribution in [3.8, 4) is 11.5 Å². The van der Waals surface area contributed by atoms with Crippen LogP contribution < -0.4 is 9.47 Å². The lowest BCUT2D eigenvalue weighted by atomic mass is 9.94. The third-order valence-electron chi connectivity index (χ3n) is 5.18. The Morgan fingerprint density at radius 1 is 1.03 bits per heavy atom. The van der Waals surface area contributed by atoms with Crippen LogP contribution in [0.2, 0.25) is 0 Å². The number of carbonyl (C=O) groups is 2. The molecule has 0 aliphatic carbocycles. The molecule has 0 radical (unpaired) electrons. The Morgan fingerprint density at radius 2 is 1.73 bits per heavy atom. The number of nitrogens with zero attached hydrogens (tertiary/aromatic N) is 1. The van der Waals surface area contributed by atoms with Crippen molar-refractivity contribution in [2.24, 2.45) is 0 Å². The summed E-state index contributed by atoms with van der Waals surface area (Å²) in [5.74, 6) is -0.297. The second-order valence-electron chi connectivity index (χ2n) is 6.94. The second kappa shape index (κ2) is 9.00. The smallest absolute Gasteiger partial charge is 0.295 e. The van der Waals surface area contributed by atoms with Crippen molar-refractivity contribution in [1.82, 2.24) is 4.90 Å². The van der Waals surface area contributed by atoms with Gasteiger partial charge in [0, 0.05) is 19.2 Å². The van der Waals surface area contributed by atoms with E-state index in [0.29, 0.717) is 22.6 Å². The summed E-state index contributed by atoms with van der Waals surface area (Å²) in [6.45, 7) is 2.32. The van der Waals surface area contributed by atoms with Crippen LogP contribution in [0.15, 0.2) is 48.0 Å². The lowest BCUT2D eigenvalue weighted by Crippen LogP contribution is -2.32. The van der Waals surface area contributed by atoms with Crippen molar-refractivity contribution in [1.29, 1.82) is 0 Å². The van der Waals surface area contributed by atoms with E-state index in [0.717, 1.165) is 5.56 Å². The van der Waals surface area contributed by atoms with Gasteiger partial charge in [-0.2, -0.15) is 0 Å². The number of likely N-dealkylation sites (tertiary alicyclic amines) is 1. The molecule has 7 heteroatoms. The molecule has 1 saturated heterocycles. The first-order valence-corrected chi connectivity index (χ1v) is 9.49. The molecule has 1 atom stereocenters. The number of aliphatic hydroxyl groups is 1. The van der Waals surface area contributed by atoms with Crippen LogP contribution in [0.25, 0.3) is 5.76 Å². The Labute approximate surface area is 175 Å². The number of amides is 1. The number of benzene rings is 2.